The number of rotatable bonds is 5. The summed E-state index contributed by atoms with van der Waals surface area (Å²) in [6.45, 7) is 1.12. The van der Waals surface area contributed by atoms with Gasteiger partial charge in [0.15, 0.2) is 0 Å². The van der Waals surface area contributed by atoms with Crippen molar-refractivity contribution in [3.05, 3.63) is 35.9 Å². The van der Waals surface area contributed by atoms with Gasteiger partial charge in [-0.05, 0) is 5.56 Å². The topological polar surface area (TPSA) is 64.3 Å². The third-order valence-corrected chi connectivity index (χ3v) is 2.04. The molecule has 1 aromatic rings. The molecule has 0 aliphatic heterocycles. The highest BCUT2D eigenvalue weighted by molar-refractivity contribution is 5.85. The number of benzene rings is 1. The molecule has 1 rings (SSSR count). The molecular weight excluding hydrogens is 263 g/mol. The summed E-state index contributed by atoms with van der Waals surface area (Å²) in [5.74, 6) is -0.393. The third-order valence-electron chi connectivity index (χ3n) is 2.04. The molecule has 6 heteroatoms. The van der Waals surface area contributed by atoms with Gasteiger partial charge >= 0.3 is 5.97 Å². The normalized spacial score (nSPS) is 10.7. The van der Waals surface area contributed by atoms with Gasteiger partial charge in [0.1, 0.15) is 6.04 Å². The molecule has 0 amide bonds. The van der Waals surface area contributed by atoms with E-state index in [4.69, 9.17) is 5.73 Å². The van der Waals surface area contributed by atoms with Crippen molar-refractivity contribution in [2.24, 2.45) is 5.73 Å². The Kier molecular flexibility index (Phi) is 11.3. The van der Waals surface area contributed by atoms with Crippen molar-refractivity contribution in [3.63, 3.8) is 0 Å². The van der Waals surface area contributed by atoms with E-state index in [1.807, 2.05) is 30.3 Å². The summed E-state index contributed by atoms with van der Waals surface area (Å²) in [6.07, 6.45) is 0. The molecule has 1 unspecified atom stereocenters. The van der Waals surface area contributed by atoms with Crippen LogP contribution in [0.2, 0.25) is 0 Å². The minimum atomic E-state index is -0.598. The zero-order valence-electron chi connectivity index (χ0n) is 9.59. The van der Waals surface area contributed by atoms with Crippen LogP contribution in [0.4, 0.5) is 0 Å². The maximum atomic E-state index is 11.0. The van der Waals surface area contributed by atoms with Crippen LogP contribution in [0.3, 0.4) is 0 Å². The van der Waals surface area contributed by atoms with Crippen molar-refractivity contribution >= 4 is 30.8 Å². The molecule has 17 heavy (non-hydrogen) atoms. The highest BCUT2D eigenvalue weighted by Crippen LogP contribution is 1.96. The lowest BCUT2D eigenvalue weighted by Gasteiger charge is -2.10. The van der Waals surface area contributed by atoms with Crippen LogP contribution < -0.4 is 11.1 Å². The molecule has 0 saturated heterocycles. The number of hydrogen-bond donors (Lipinski definition) is 2. The molecule has 1 aromatic carbocycles. The van der Waals surface area contributed by atoms with E-state index in [1.54, 1.807) is 0 Å². The van der Waals surface area contributed by atoms with Crippen LogP contribution in [0.25, 0.3) is 0 Å². The van der Waals surface area contributed by atoms with Gasteiger partial charge < -0.3 is 15.8 Å². The highest BCUT2D eigenvalue weighted by atomic mass is 35.5. The quantitative estimate of drug-likeness (QED) is 0.794. The Hall–Kier alpha value is -0.810. The lowest BCUT2D eigenvalue weighted by Crippen LogP contribution is -2.40. The van der Waals surface area contributed by atoms with Crippen molar-refractivity contribution in [2.75, 3.05) is 13.7 Å². The smallest absolute Gasteiger partial charge is 0.323 e. The van der Waals surface area contributed by atoms with E-state index in [0.29, 0.717) is 13.1 Å². The summed E-state index contributed by atoms with van der Waals surface area (Å²) >= 11 is 0. The number of carbonyl (C=O) groups is 1. The first-order valence-corrected chi connectivity index (χ1v) is 4.82. The van der Waals surface area contributed by atoms with E-state index in [0.717, 1.165) is 5.56 Å². The van der Waals surface area contributed by atoms with Crippen LogP contribution in [0.1, 0.15) is 5.56 Å². The monoisotopic (exact) mass is 280 g/mol. The second-order valence-electron chi connectivity index (χ2n) is 3.25. The van der Waals surface area contributed by atoms with Crippen molar-refractivity contribution in [1.29, 1.82) is 0 Å². The fourth-order valence-corrected chi connectivity index (χ4v) is 1.20. The van der Waals surface area contributed by atoms with Crippen molar-refractivity contribution in [1.82, 2.24) is 5.32 Å². The molecule has 0 aromatic heterocycles. The Labute approximate surface area is 114 Å². The van der Waals surface area contributed by atoms with E-state index in [9.17, 15) is 4.79 Å². The first-order chi connectivity index (χ1) is 7.24. The molecule has 1 atom stereocenters. The Morgan fingerprint density at radius 1 is 1.35 bits per heavy atom. The van der Waals surface area contributed by atoms with Crippen LogP contribution in [0.15, 0.2) is 30.3 Å². The number of halogens is 2. The van der Waals surface area contributed by atoms with Crippen LogP contribution >= 0.6 is 24.8 Å². The fourth-order valence-electron chi connectivity index (χ4n) is 1.20. The molecule has 98 valence electrons. The molecule has 0 aliphatic rings. The summed E-state index contributed by atoms with van der Waals surface area (Å²) < 4.78 is 4.51. The number of nitrogens with two attached hydrogens (primary N) is 1. The first kappa shape index (κ1) is 18.6. The van der Waals surface area contributed by atoms with Crippen LogP contribution in [-0.4, -0.2) is 25.7 Å². The second kappa shape index (κ2) is 10.4. The Morgan fingerprint density at radius 3 is 2.47 bits per heavy atom. The number of methoxy groups -OCH3 is 1. The summed E-state index contributed by atoms with van der Waals surface area (Å²) in [4.78, 5) is 11.0. The standard InChI is InChI=1S/C11H16N2O2.2ClH/c1-15-11(14)10(12)8-13-7-9-5-3-2-4-6-9;;/h2-6,10,13H,7-8,12H2,1H3;2*1H. The first-order valence-electron chi connectivity index (χ1n) is 4.82. The summed E-state index contributed by atoms with van der Waals surface area (Å²) in [6, 6.07) is 9.32. The van der Waals surface area contributed by atoms with E-state index in [1.165, 1.54) is 7.11 Å². The molecule has 4 nitrogen and oxygen atoms in total. The van der Waals surface area contributed by atoms with E-state index >= 15 is 0 Å². The van der Waals surface area contributed by atoms with Gasteiger partial charge in [-0.1, -0.05) is 30.3 Å². The van der Waals surface area contributed by atoms with Gasteiger partial charge in [0, 0.05) is 13.1 Å². The molecule has 0 radical (unpaired) electrons. The predicted molar refractivity (Wildman–Crippen MR) is 72.6 cm³/mol. The SMILES string of the molecule is COC(=O)C(N)CNCc1ccccc1.Cl.Cl. The number of hydrogen-bond acceptors (Lipinski definition) is 4. The Morgan fingerprint density at radius 2 is 1.94 bits per heavy atom. The van der Waals surface area contributed by atoms with Gasteiger partial charge in [-0.25, -0.2) is 0 Å². The maximum absolute atomic E-state index is 11.0. The molecular formula is C11H18Cl2N2O2. The lowest BCUT2D eigenvalue weighted by atomic mass is 10.2. The Bertz CT molecular complexity index is 310. The average molecular weight is 281 g/mol. The molecule has 3 N–H and O–H groups in total. The fraction of sp³-hybridized carbons (Fsp3) is 0.364. The number of esters is 1. The largest absolute Gasteiger partial charge is 0.468 e. The molecule has 0 fully saturated rings. The molecule has 0 spiro atoms. The molecule has 0 saturated carbocycles. The summed E-state index contributed by atoms with van der Waals surface area (Å²) in [5.41, 5.74) is 6.72. The van der Waals surface area contributed by atoms with Gasteiger partial charge in [-0.3, -0.25) is 4.79 Å². The Balaban J connectivity index is 0. The highest BCUT2D eigenvalue weighted by Gasteiger charge is 2.12. The lowest BCUT2D eigenvalue weighted by molar-refractivity contribution is -0.142. The molecule has 0 aliphatic carbocycles. The second-order valence-corrected chi connectivity index (χ2v) is 3.25. The van der Waals surface area contributed by atoms with E-state index < -0.39 is 12.0 Å². The van der Waals surface area contributed by atoms with Crippen molar-refractivity contribution in [3.8, 4) is 0 Å². The van der Waals surface area contributed by atoms with Gasteiger partial charge in [-0.2, -0.15) is 0 Å². The van der Waals surface area contributed by atoms with Gasteiger partial charge in [0.05, 0.1) is 7.11 Å². The summed E-state index contributed by atoms with van der Waals surface area (Å²) in [7, 11) is 1.33. The molecule has 0 bridgehead atoms. The maximum Gasteiger partial charge on any atom is 0.323 e. The predicted octanol–water partition coefficient (Wildman–Crippen LogP) is 1.12. The van der Waals surface area contributed by atoms with Gasteiger partial charge in [0.25, 0.3) is 0 Å². The number of ether oxygens (including phenoxy) is 1. The van der Waals surface area contributed by atoms with Crippen molar-refractivity contribution in [2.45, 2.75) is 12.6 Å². The third kappa shape index (κ3) is 7.18. The summed E-state index contributed by atoms with van der Waals surface area (Å²) in [5, 5.41) is 3.09. The number of nitrogens with one attached hydrogen (secondary N) is 1. The van der Waals surface area contributed by atoms with Crippen LogP contribution in [0, 0.1) is 0 Å². The van der Waals surface area contributed by atoms with Crippen molar-refractivity contribution < 1.29 is 9.53 Å². The average Bonchev–Trinajstić information content (AvgIpc) is 2.29. The van der Waals surface area contributed by atoms with Crippen LogP contribution in [0.5, 0.6) is 0 Å². The van der Waals surface area contributed by atoms with Gasteiger partial charge in [-0.15, -0.1) is 24.8 Å². The van der Waals surface area contributed by atoms with Crippen LogP contribution in [-0.2, 0) is 16.1 Å². The zero-order chi connectivity index (χ0) is 11.1. The number of carbonyl (C=O) groups excluding carboxylic acids is 1. The van der Waals surface area contributed by atoms with Gasteiger partial charge in [0.2, 0.25) is 0 Å². The minimum Gasteiger partial charge on any atom is -0.468 e. The zero-order valence-corrected chi connectivity index (χ0v) is 11.2. The van der Waals surface area contributed by atoms with E-state index in [2.05, 4.69) is 10.1 Å². The minimum absolute atomic E-state index is 0. The van der Waals surface area contributed by atoms with E-state index in [-0.39, 0.29) is 24.8 Å². The molecule has 0 heterocycles.